The molecule has 5 atom stereocenters. The summed E-state index contributed by atoms with van der Waals surface area (Å²) in [5.41, 5.74) is 16.3. The van der Waals surface area contributed by atoms with E-state index in [0.29, 0.717) is 69.1 Å². The third-order valence-corrected chi connectivity index (χ3v) is 22.0. The highest BCUT2D eigenvalue weighted by Gasteiger charge is 2.66. The molecule has 2 aliphatic heterocycles. The average Bonchev–Trinajstić information content (AvgIpc) is 0.961. The van der Waals surface area contributed by atoms with Crippen LogP contribution in [-0.2, 0) is 69.7 Å². The number of nitrogens with one attached hydrogen (secondary N) is 3. The molecular formula is C70H83N13O15S2. The highest BCUT2D eigenvalue weighted by molar-refractivity contribution is 7.87. The van der Waals surface area contributed by atoms with E-state index in [9.17, 15) is 61.2 Å². The maximum atomic E-state index is 14.2. The van der Waals surface area contributed by atoms with Crippen molar-refractivity contribution >= 4 is 102 Å². The largest absolute Gasteiger partial charge is 0.476 e. The van der Waals surface area contributed by atoms with Crippen LogP contribution < -0.4 is 37.2 Å². The fourth-order valence-corrected chi connectivity index (χ4v) is 18.0. The van der Waals surface area contributed by atoms with Gasteiger partial charge in [0.15, 0.2) is 16.1 Å². The van der Waals surface area contributed by atoms with Gasteiger partial charge in [0, 0.05) is 74.3 Å². The first kappa shape index (κ1) is 71.8. The van der Waals surface area contributed by atoms with Crippen LogP contribution in [0.2, 0.25) is 0 Å². The number of likely N-dealkylation sites (N-methyl/N-ethyl adjacent to an activating group) is 1. The molecule has 4 saturated carbocycles. The van der Waals surface area contributed by atoms with E-state index in [-0.39, 0.29) is 72.7 Å². The Labute approximate surface area is 581 Å². The molecule has 6 aliphatic rings. The van der Waals surface area contributed by atoms with Gasteiger partial charge in [0.05, 0.1) is 34.3 Å². The second kappa shape index (κ2) is 28.6. The van der Waals surface area contributed by atoms with E-state index in [1.165, 1.54) is 54.3 Å². The number of thiazole rings is 1. The van der Waals surface area contributed by atoms with Gasteiger partial charge in [-0.05, 0) is 159 Å². The Morgan fingerprint density at radius 2 is 1.55 bits per heavy atom. The van der Waals surface area contributed by atoms with E-state index in [4.69, 9.17) is 31.0 Å². The zero-order chi connectivity index (χ0) is 71.8. The van der Waals surface area contributed by atoms with E-state index in [0.717, 1.165) is 77.7 Å². The van der Waals surface area contributed by atoms with Gasteiger partial charge >= 0.3 is 18.1 Å². The molecular weight excluding hydrogens is 1330 g/mol. The smallest absolute Gasteiger partial charge is 0.409 e. The lowest BCUT2D eigenvalue weighted by Gasteiger charge is -2.69. The number of amides is 9. The van der Waals surface area contributed by atoms with Crippen molar-refractivity contribution in [1.82, 2.24) is 40.2 Å². The van der Waals surface area contributed by atoms with Crippen molar-refractivity contribution in [3.05, 3.63) is 131 Å². The minimum absolute atomic E-state index is 0.000620. The Morgan fingerprint density at radius 3 is 2.21 bits per heavy atom. The van der Waals surface area contributed by atoms with Crippen molar-refractivity contribution in [3.8, 4) is 11.1 Å². The van der Waals surface area contributed by atoms with E-state index in [1.807, 2.05) is 59.0 Å². The Hall–Kier alpha value is -9.49. The molecule has 3 aromatic carbocycles. The molecule has 5 heterocycles. The second-order valence-corrected chi connectivity index (χ2v) is 30.9. The molecule has 4 fully saturated rings. The molecule has 0 saturated heterocycles. The van der Waals surface area contributed by atoms with Crippen LogP contribution in [0.1, 0.15) is 129 Å². The first-order valence-corrected chi connectivity index (χ1v) is 35.6. The summed E-state index contributed by atoms with van der Waals surface area (Å²) in [6, 6.07) is 18.7. The van der Waals surface area contributed by atoms with E-state index in [1.54, 1.807) is 25.4 Å². The Kier molecular flexibility index (Phi) is 20.5. The maximum absolute atomic E-state index is 14.2. The number of aromatic nitrogens is 4. The van der Waals surface area contributed by atoms with Gasteiger partial charge in [-0.25, -0.2) is 29.3 Å². The van der Waals surface area contributed by atoms with Crippen molar-refractivity contribution < 1.29 is 70.7 Å². The van der Waals surface area contributed by atoms with Gasteiger partial charge in [0.2, 0.25) is 11.8 Å². The number of imide groups is 2. The number of para-hydroxylation sites is 1. The van der Waals surface area contributed by atoms with Gasteiger partial charge in [-0.3, -0.25) is 48.2 Å². The number of primary amides is 1. The lowest BCUT2D eigenvalue weighted by Crippen LogP contribution is -2.64. The third kappa shape index (κ3) is 15.4. The highest BCUT2D eigenvalue weighted by Crippen LogP contribution is 2.72. The number of carboxylic acid groups (broad SMARTS) is 1. The first-order chi connectivity index (χ1) is 47.4. The summed E-state index contributed by atoms with van der Waals surface area (Å²) in [6.07, 6.45) is 8.46. The average molecular weight is 1410 g/mol. The number of hydrogen-bond donors (Lipinski definition) is 7. The summed E-state index contributed by atoms with van der Waals surface area (Å²) < 4.78 is 50.4. The zero-order valence-electron chi connectivity index (χ0n) is 56.5. The summed E-state index contributed by atoms with van der Waals surface area (Å²) in [5.74, 6) is -6.43. The fraction of sp³-hybridized carbons (Fsp3) is 0.457. The van der Waals surface area contributed by atoms with Crippen molar-refractivity contribution in [1.29, 1.82) is 0 Å². The summed E-state index contributed by atoms with van der Waals surface area (Å²) in [5, 5.41) is 21.8. The number of benzene rings is 3. The number of rotatable bonds is 27. The number of anilines is 3. The van der Waals surface area contributed by atoms with Gasteiger partial charge in [-0.1, -0.05) is 75.4 Å². The van der Waals surface area contributed by atoms with Crippen LogP contribution in [0.25, 0.3) is 21.3 Å². The predicted molar refractivity (Wildman–Crippen MR) is 370 cm³/mol. The molecule has 9 amide bonds. The molecule has 2 unspecified atom stereocenters. The molecule has 4 aliphatic carbocycles. The number of nitrogens with two attached hydrogens (primary N) is 2. The third-order valence-electron chi connectivity index (χ3n) is 19.8. The predicted octanol–water partition coefficient (Wildman–Crippen LogP) is 7.13. The highest BCUT2D eigenvalue weighted by atomic mass is 32.2. The number of carboxylic acids is 1. The van der Waals surface area contributed by atoms with Gasteiger partial charge in [0.1, 0.15) is 24.5 Å². The Balaban J connectivity index is 0.691. The number of fused-ring (bicyclic) bond motifs is 2. The number of urea groups is 1. The van der Waals surface area contributed by atoms with Crippen LogP contribution in [-0.4, -0.2) is 164 Å². The standard InChI is InChI=1S/C70H83N13O15S2/c1-41(2)57(77-60(87)53(100(94,95)96)25-28-81-55(84)22-23-56(81)85)61(88)74-51(14-10-26-71)62(89)83(64(72)92)45-18-16-43(17-19-45)33-97-66(93)79(6)29-30-98-70-37-67(4)34-68(5,38-70)36-69(35-67,39-70)40-82-42(3)48(31-73-82)46-20-21-54(76-58(46)63(90)91)80-27-24-44-11-9-12-47(49(44)32-80)59(86)78-65-75-50-13-7-8-15-52(50)99-65/h7-9,11-13,15-23,31,41,51,53,57H,10,14,24-30,32-40,71H2,1-6H3,(H2,72,92)(H,74,88)(H,77,87)(H,90,91)(H,75,78,86)(H,94,95,96)/t51-,53+,57-,67?,68?,69?,70?/m0/s1. The van der Waals surface area contributed by atoms with Gasteiger partial charge < -0.3 is 46.5 Å². The number of aromatic carboxylic acids is 1. The summed E-state index contributed by atoms with van der Waals surface area (Å²) >= 11 is 1.40. The van der Waals surface area contributed by atoms with Gasteiger partial charge in [-0.2, -0.15) is 13.5 Å². The molecule has 0 spiro atoms. The Bertz CT molecular complexity index is 4310. The number of hydrogen-bond acceptors (Lipinski definition) is 19. The molecule has 530 valence electrons. The zero-order valence-corrected chi connectivity index (χ0v) is 58.2. The van der Waals surface area contributed by atoms with Crippen LogP contribution in [0.4, 0.5) is 26.2 Å². The molecule has 28 nitrogen and oxygen atoms in total. The number of pyridine rings is 1. The van der Waals surface area contributed by atoms with Crippen molar-refractivity contribution in [3.63, 3.8) is 0 Å². The molecule has 9 N–H and O–H groups in total. The Morgan fingerprint density at radius 1 is 0.840 bits per heavy atom. The topological polar surface area (TPSA) is 391 Å². The lowest BCUT2D eigenvalue weighted by molar-refractivity contribution is -0.248. The molecule has 0 radical (unpaired) electrons. The van der Waals surface area contributed by atoms with Crippen molar-refractivity contribution in [2.75, 3.05) is 55.0 Å². The number of carbonyl (C=O) groups excluding carboxylic acids is 8. The lowest BCUT2D eigenvalue weighted by atomic mass is 9.39. The minimum Gasteiger partial charge on any atom is -0.476 e. The quantitative estimate of drug-likeness (QED) is 0.0199. The molecule has 100 heavy (non-hydrogen) atoms. The van der Waals surface area contributed by atoms with Crippen LogP contribution in [0.15, 0.2) is 97.2 Å². The number of ether oxygens (including phenoxy) is 2. The molecule has 30 heteroatoms. The molecule has 3 aromatic heterocycles. The van der Waals surface area contributed by atoms with Crippen molar-refractivity contribution in [2.45, 2.75) is 141 Å². The summed E-state index contributed by atoms with van der Waals surface area (Å²) in [6.45, 7) is 11.0. The van der Waals surface area contributed by atoms with E-state index < -0.39 is 99.6 Å². The molecule has 6 aromatic rings. The van der Waals surface area contributed by atoms with E-state index in [2.05, 4.69) is 34.8 Å². The van der Waals surface area contributed by atoms with Crippen LogP contribution in [0.3, 0.4) is 0 Å². The first-order valence-electron chi connectivity index (χ1n) is 33.2. The number of nitrogens with zero attached hydrogens (tertiary/aromatic N) is 8. The second-order valence-electron chi connectivity index (χ2n) is 28.3. The SMILES string of the molecule is Cc1c(-c2ccc(N3CCc4cccc(C(=O)Nc5nc6ccccc6s5)c4C3)nc2C(=O)O)cnn1CC12CC3(C)CC(C)(C1)CC(OCCN(C)C(=O)OCc1ccc(N(C(N)=O)C(=O)[C@H](CCCN)NC(=O)[C@@H](NC(=O)[C@@H](CCN4C(=O)C=CC4=O)S(=O)(=O)O)C(C)C)cc1)(C3)C2. The van der Waals surface area contributed by atoms with Gasteiger partial charge in [-0.15, -0.1) is 0 Å². The van der Waals surface area contributed by atoms with Crippen LogP contribution >= 0.6 is 11.3 Å². The number of carbonyl (C=O) groups is 9. The van der Waals surface area contributed by atoms with Crippen LogP contribution in [0.5, 0.6) is 0 Å². The van der Waals surface area contributed by atoms with E-state index >= 15 is 0 Å². The summed E-state index contributed by atoms with van der Waals surface area (Å²) in [4.78, 5) is 133. The van der Waals surface area contributed by atoms with Gasteiger partial charge in [0.25, 0.3) is 33.7 Å². The molecule has 4 bridgehead atoms. The fourth-order valence-electron chi connectivity index (χ4n) is 16.4. The monoisotopic (exact) mass is 1410 g/mol. The summed E-state index contributed by atoms with van der Waals surface area (Å²) in [7, 11) is -3.52. The van der Waals surface area contributed by atoms with Crippen molar-refractivity contribution in [2.24, 2.45) is 33.6 Å². The minimum atomic E-state index is -5.13. The normalized spacial score (nSPS) is 21.6. The van der Waals surface area contributed by atoms with Crippen LogP contribution in [0, 0.1) is 29.1 Å². The molecule has 12 rings (SSSR count). The maximum Gasteiger partial charge on any atom is 0.409 e.